The molecule has 1 amide bonds. The minimum Gasteiger partial charge on any atom is -0.444 e. The van der Waals surface area contributed by atoms with Crippen molar-refractivity contribution in [3.05, 3.63) is 17.0 Å². The van der Waals surface area contributed by atoms with Crippen LogP contribution in [0.2, 0.25) is 0 Å². The Morgan fingerprint density at radius 3 is 2.53 bits per heavy atom. The number of hydrogen-bond donors (Lipinski definition) is 1. The Hall–Kier alpha value is -1.17. The van der Waals surface area contributed by atoms with E-state index in [1.54, 1.807) is 20.8 Å². The predicted octanol–water partition coefficient (Wildman–Crippen LogP) is 2.59. The number of rotatable bonds is 1. The van der Waals surface area contributed by atoms with Crippen LogP contribution in [0.1, 0.15) is 20.8 Å². The molecule has 0 spiro atoms. The number of hydrogen-bond acceptors (Lipinski definition) is 4. The van der Waals surface area contributed by atoms with Gasteiger partial charge in [0.05, 0.1) is 12.4 Å². The van der Waals surface area contributed by atoms with Gasteiger partial charge < -0.3 is 4.74 Å². The molecule has 1 aromatic rings. The standard InChI is InChI=1S/C9H12BrN3O2/c1-9(2,3)15-8(14)13-7-5-11-6(10)4-12-7/h4-5H,1-3H3,(H,12,13,14). The number of carbonyl (C=O) groups excluding carboxylic acids is 1. The van der Waals surface area contributed by atoms with E-state index >= 15 is 0 Å². The average molecular weight is 274 g/mol. The smallest absolute Gasteiger partial charge is 0.413 e. The zero-order valence-electron chi connectivity index (χ0n) is 8.74. The summed E-state index contributed by atoms with van der Waals surface area (Å²) in [6.45, 7) is 5.37. The van der Waals surface area contributed by atoms with E-state index in [2.05, 4.69) is 31.2 Å². The molecule has 0 aliphatic heterocycles. The van der Waals surface area contributed by atoms with E-state index in [0.717, 1.165) is 0 Å². The molecule has 0 radical (unpaired) electrons. The summed E-state index contributed by atoms with van der Waals surface area (Å²) in [5, 5.41) is 2.47. The number of carbonyl (C=O) groups is 1. The fourth-order valence-corrected chi connectivity index (χ4v) is 0.990. The lowest BCUT2D eigenvalue weighted by molar-refractivity contribution is 0.0635. The normalized spacial score (nSPS) is 10.9. The molecule has 0 aliphatic rings. The minimum absolute atomic E-state index is 0.354. The number of ether oxygens (including phenoxy) is 1. The minimum atomic E-state index is -0.542. The van der Waals surface area contributed by atoms with Gasteiger partial charge in [-0.1, -0.05) is 0 Å². The van der Waals surface area contributed by atoms with Crippen molar-refractivity contribution in [2.24, 2.45) is 0 Å². The molecule has 1 aromatic heterocycles. The molecule has 1 N–H and O–H groups in total. The first kappa shape index (κ1) is 11.9. The lowest BCUT2D eigenvalue weighted by atomic mass is 10.2. The van der Waals surface area contributed by atoms with Gasteiger partial charge in [-0.2, -0.15) is 0 Å². The molecular weight excluding hydrogens is 262 g/mol. The monoisotopic (exact) mass is 273 g/mol. The molecule has 0 saturated carbocycles. The highest BCUT2D eigenvalue weighted by Crippen LogP contribution is 2.10. The number of aromatic nitrogens is 2. The van der Waals surface area contributed by atoms with E-state index in [9.17, 15) is 4.79 Å². The van der Waals surface area contributed by atoms with E-state index in [1.165, 1.54) is 12.4 Å². The fourth-order valence-electron chi connectivity index (χ4n) is 0.785. The van der Waals surface area contributed by atoms with Crippen LogP contribution in [-0.4, -0.2) is 21.7 Å². The van der Waals surface area contributed by atoms with Crippen LogP contribution in [-0.2, 0) is 4.74 Å². The van der Waals surface area contributed by atoms with Gasteiger partial charge >= 0.3 is 6.09 Å². The molecule has 5 nitrogen and oxygen atoms in total. The van der Waals surface area contributed by atoms with Crippen molar-refractivity contribution in [2.75, 3.05) is 5.32 Å². The molecule has 0 bridgehead atoms. The number of halogens is 1. The molecule has 0 unspecified atom stereocenters. The van der Waals surface area contributed by atoms with Crippen LogP contribution < -0.4 is 5.32 Å². The lowest BCUT2D eigenvalue weighted by Crippen LogP contribution is -2.27. The summed E-state index contributed by atoms with van der Waals surface area (Å²) >= 11 is 3.14. The molecular formula is C9H12BrN3O2. The van der Waals surface area contributed by atoms with Gasteiger partial charge in [0, 0.05) is 0 Å². The van der Waals surface area contributed by atoms with E-state index in [4.69, 9.17) is 4.74 Å². The molecule has 6 heteroatoms. The Labute approximate surface area is 96.4 Å². The lowest BCUT2D eigenvalue weighted by Gasteiger charge is -2.19. The summed E-state index contributed by atoms with van der Waals surface area (Å²) in [6.07, 6.45) is 2.39. The third-order valence-electron chi connectivity index (χ3n) is 1.25. The van der Waals surface area contributed by atoms with Crippen LogP contribution in [0.25, 0.3) is 0 Å². The number of amides is 1. The maximum Gasteiger partial charge on any atom is 0.413 e. The predicted molar refractivity (Wildman–Crippen MR) is 59.6 cm³/mol. The van der Waals surface area contributed by atoms with E-state index in [1.807, 2.05) is 0 Å². The van der Waals surface area contributed by atoms with E-state index < -0.39 is 11.7 Å². The summed E-state index contributed by atoms with van der Waals surface area (Å²) in [5.41, 5.74) is -0.521. The zero-order chi connectivity index (χ0) is 11.5. The maximum absolute atomic E-state index is 11.3. The summed E-state index contributed by atoms with van der Waals surface area (Å²) in [7, 11) is 0. The van der Waals surface area contributed by atoms with Crippen molar-refractivity contribution in [1.82, 2.24) is 9.97 Å². The Balaban J connectivity index is 2.55. The van der Waals surface area contributed by atoms with E-state index in [0.29, 0.717) is 10.4 Å². The summed E-state index contributed by atoms with van der Waals surface area (Å²) < 4.78 is 5.65. The molecule has 1 heterocycles. The van der Waals surface area contributed by atoms with Crippen LogP contribution >= 0.6 is 15.9 Å². The molecule has 15 heavy (non-hydrogen) atoms. The highest BCUT2D eigenvalue weighted by atomic mass is 79.9. The van der Waals surface area contributed by atoms with Crippen molar-refractivity contribution in [3.63, 3.8) is 0 Å². The Bertz CT molecular complexity index is 345. The van der Waals surface area contributed by atoms with Crippen molar-refractivity contribution < 1.29 is 9.53 Å². The van der Waals surface area contributed by atoms with Gasteiger partial charge in [-0.25, -0.2) is 14.8 Å². The highest BCUT2D eigenvalue weighted by Gasteiger charge is 2.16. The van der Waals surface area contributed by atoms with Crippen molar-refractivity contribution in [3.8, 4) is 0 Å². The fraction of sp³-hybridized carbons (Fsp3) is 0.444. The van der Waals surface area contributed by atoms with Crippen LogP contribution in [0, 0.1) is 0 Å². The van der Waals surface area contributed by atoms with Crippen LogP contribution in [0.15, 0.2) is 17.0 Å². The summed E-state index contributed by atoms with van der Waals surface area (Å²) in [4.78, 5) is 19.1. The van der Waals surface area contributed by atoms with Gasteiger partial charge in [-0.3, -0.25) is 5.32 Å². The van der Waals surface area contributed by atoms with Crippen LogP contribution in [0.4, 0.5) is 10.6 Å². The zero-order valence-corrected chi connectivity index (χ0v) is 10.3. The maximum atomic E-state index is 11.3. The van der Waals surface area contributed by atoms with Crippen molar-refractivity contribution >= 4 is 27.8 Å². The second-order valence-corrected chi connectivity index (χ2v) is 4.66. The van der Waals surface area contributed by atoms with Gasteiger partial charge in [0.25, 0.3) is 0 Å². The second kappa shape index (κ2) is 4.57. The van der Waals surface area contributed by atoms with Crippen molar-refractivity contribution in [2.45, 2.75) is 26.4 Å². The molecule has 1 rings (SSSR count). The molecule has 0 aliphatic carbocycles. The third kappa shape index (κ3) is 4.73. The SMILES string of the molecule is CC(C)(C)OC(=O)Nc1cnc(Br)cn1. The highest BCUT2D eigenvalue weighted by molar-refractivity contribution is 9.10. The number of anilines is 1. The Kier molecular flexibility index (Phi) is 3.62. The number of nitrogens with one attached hydrogen (secondary N) is 1. The number of nitrogens with zero attached hydrogens (tertiary/aromatic N) is 2. The Morgan fingerprint density at radius 1 is 1.40 bits per heavy atom. The van der Waals surface area contributed by atoms with Gasteiger partial charge in [-0.15, -0.1) is 0 Å². The third-order valence-corrected chi connectivity index (χ3v) is 1.66. The molecule has 0 fully saturated rings. The van der Waals surface area contributed by atoms with Gasteiger partial charge in [0.15, 0.2) is 5.82 Å². The molecule has 0 saturated heterocycles. The van der Waals surface area contributed by atoms with Crippen LogP contribution in [0.5, 0.6) is 0 Å². The second-order valence-electron chi connectivity index (χ2n) is 3.85. The topological polar surface area (TPSA) is 64.1 Å². The van der Waals surface area contributed by atoms with Gasteiger partial charge in [-0.05, 0) is 36.7 Å². The first-order valence-electron chi connectivity index (χ1n) is 4.34. The summed E-state index contributed by atoms with van der Waals surface area (Å²) in [5.74, 6) is 0.354. The molecule has 82 valence electrons. The van der Waals surface area contributed by atoms with Gasteiger partial charge in [0.2, 0.25) is 0 Å². The largest absolute Gasteiger partial charge is 0.444 e. The first-order valence-corrected chi connectivity index (χ1v) is 5.14. The quantitative estimate of drug-likeness (QED) is 0.854. The average Bonchev–Trinajstić information content (AvgIpc) is 2.05. The molecule has 0 atom stereocenters. The molecule has 0 aromatic carbocycles. The van der Waals surface area contributed by atoms with Gasteiger partial charge in [0.1, 0.15) is 10.2 Å². The first-order chi connectivity index (χ1) is 6.87. The Morgan fingerprint density at radius 2 is 2.07 bits per heavy atom. The van der Waals surface area contributed by atoms with Crippen molar-refractivity contribution in [1.29, 1.82) is 0 Å². The van der Waals surface area contributed by atoms with Crippen LogP contribution in [0.3, 0.4) is 0 Å². The summed E-state index contributed by atoms with van der Waals surface area (Å²) in [6, 6.07) is 0. The van der Waals surface area contributed by atoms with E-state index in [-0.39, 0.29) is 0 Å².